The highest BCUT2D eigenvalue weighted by Gasteiger charge is 2.57. The number of carbonyl (C=O) groups is 2. The van der Waals surface area contributed by atoms with Crippen LogP contribution in [0.15, 0.2) is 42.5 Å². The largest absolute Gasteiger partial charge is 0.481 e. The van der Waals surface area contributed by atoms with Gasteiger partial charge in [0, 0.05) is 18.0 Å². The summed E-state index contributed by atoms with van der Waals surface area (Å²) < 4.78 is 55.4. The van der Waals surface area contributed by atoms with E-state index in [2.05, 4.69) is 0 Å². The lowest BCUT2D eigenvalue weighted by Gasteiger charge is -2.46. The Hall–Kier alpha value is -2.94. The molecule has 1 heterocycles. The second-order valence-electron chi connectivity index (χ2n) is 12.1. The number of aliphatic hydroxyl groups is 1. The van der Waals surface area contributed by atoms with Crippen molar-refractivity contribution in [3.8, 4) is 0 Å². The Balaban J connectivity index is 1.52. The van der Waals surface area contributed by atoms with Gasteiger partial charge >= 0.3 is 12.1 Å². The maximum absolute atomic E-state index is 14.9. The molecule has 3 aliphatic rings. The minimum atomic E-state index is -5.05. The number of aryl methyl sites for hydroxylation is 2. The van der Waals surface area contributed by atoms with Gasteiger partial charge in [-0.3, -0.25) is 9.59 Å². The van der Waals surface area contributed by atoms with E-state index in [1.165, 1.54) is 12.1 Å². The lowest BCUT2D eigenvalue weighted by molar-refractivity contribution is -0.228. The lowest BCUT2D eigenvalue weighted by Crippen LogP contribution is -2.56. The van der Waals surface area contributed by atoms with Crippen molar-refractivity contribution in [3.05, 3.63) is 70.3 Å². The molecular formula is C31H35F4NO4. The molecule has 1 aliphatic heterocycles. The second-order valence-corrected chi connectivity index (χ2v) is 12.1. The summed E-state index contributed by atoms with van der Waals surface area (Å²) in [6.45, 7) is 2.88. The molecule has 1 saturated carbocycles. The molecule has 1 saturated heterocycles. The average molecular weight is 562 g/mol. The van der Waals surface area contributed by atoms with Crippen molar-refractivity contribution in [2.75, 3.05) is 6.54 Å². The fraction of sp³-hybridized carbons (Fsp3) is 0.548. The first-order valence-corrected chi connectivity index (χ1v) is 13.9. The van der Waals surface area contributed by atoms with E-state index in [1.54, 1.807) is 11.0 Å². The van der Waals surface area contributed by atoms with Crippen LogP contribution < -0.4 is 0 Å². The number of nitrogens with zero attached hydrogens (tertiary/aromatic N) is 1. The quantitative estimate of drug-likeness (QED) is 0.454. The molecule has 216 valence electrons. The number of carboxylic acids is 1. The SMILES string of the molecule is Cc1ccc(C[C@@]23CCN(C(=O)[C@]4(O)CC[C@@H](C(=O)O)CC4)[C@@H]2CCc2cc(C(C)(F)C(F)(F)F)ccc23)cc1. The molecule has 0 radical (unpaired) electrons. The van der Waals surface area contributed by atoms with Gasteiger partial charge in [-0.2, -0.15) is 13.2 Å². The molecule has 5 nitrogen and oxygen atoms in total. The average Bonchev–Trinajstić information content (AvgIpc) is 3.28. The van der Waals surface area contributed by atoms with Gasteiger partial charge in [0.25, 0.3) is 5.91 Å². The molecule has 0 bridgehead atoms. The van der Waals surface area contributed by atoms with Crippen LogP contribution in [0.25, 0.3) is 0 Å². The Morgan fingerprint density at radius 1 is 1.00 bits per heavy atom. The van der Waals surface area contributed by atoms with Gasteiger partial charge < -0.3 is 15.1 Å². The van der Waals surface area contributed by atoms with Crippen LogP contribution in [0.2, 0.25) is 0 Å². The Kier molecular flexibility index (Phi) is 7.04. The summed E-state index contributed by atoms with van der Waals surface area (Å²) in [7, 11) is 0. The molecule has 1 unspecified atom stereocenters. The van der Waals surface area contributed by atoms with Crippen molar-refractivity contribution in [1.82, 2.24) is 4.90 Å². The first kappa shape index (κ1) is 28.6. The van der Waals surface area contributed by atoms with Gasteiger partial charge in [0.1, 0.15) is 5.60 Å². The highest BCUT2D eigenvalue weighted by Crippen LogP contribution is 2.52. The second kappa shape index (κ2) is 9.86. The van der Waals surface area contributed by atoms with E-state index in [-0.39, 0.29) is 31.7 Å². The van der Waals surface area contributed by atoms with E-state index < -0.39 is 46.2 Å². The van der Waals surface area contributed by atoms with Gasteiger partial charge in [-0.05, 0) is 87.5 Å². The summed E-state index contributed by atoms with van der Waals surface area (Å²) >= 11 is 0. The predicted molar refractivity (Wildman–Crippen MR) is 141 cm³/mol. The number of benzene rings is 2. The third-order valence-corrected chi connectivity index (χ3v) is 9.68. The monoisotopic (exact) mass is 561 g/mol. The van der Waals surface area contributed by atoms with Gasteiger partial charge in [0.05, 0.1) is 5.92 Å². The Labute approximate surface area is 231 Å². The summed E-state index contributed by atoms with van der Waals surface area (Å²) in [5.41, 5.74) is -2.59. The summed E-state index contributed by atoms with van der Waals surface area (Å²) in [6.07, 6.45) is -2.54. The van der Waals surface area contributed by atoms with E-state index in [9.17, 15) is 37.4 Å². The number of amides is 1. The van der Waals surface area contributed by atoms with Crippen molar-refractivity contribution >= 4 is 11.9 Å². The summed E-state index contributed by atoms with van der Waals surface area (Å²) in [5.74, 6) is -1.91. The molecule has 2 fully saturated rings. The molecule has 9 heteroatoms. The minimum absolute atomic E-state index is 0.0729. The van der Waals surface area contributed by atoms with Crippen LogP contribution in [-0.2, 0) is 33.5 Å². The van der Waals surface area contributed by atoms with E-state index in [1.807, 2.05) is 31.2 Å². The van der Waals surface area contributed by atoms with Crippen LogP contribution in [-0.4, -0.2) is 51.4 Å². The normalized spacial score (nSPS) is 29.8. The number of hydrogen-bond acceptors (Lipinski definition) is 3. The topological polar surface area (TPSA) is 77.8 Å². The van der Waals surface area contributed by atoms with Crippen molar-refractivity contribution in [1.29, 1.82) is 0 Å². The van der Waals surface area contributed by atoms with E-state index in [0.717, 1.165) is 16.7 Å². The maximum Gasteiger partial charge on any atom is 0.426 e. The van der Waals surface area contributed by atoms with Gasteiger partial charge in [0.2, 0.25) is 5.67 Å². The van der Waals surface area contributed by atoms with Crippen LogP contribution in [0.4, 0.5) is 17.6 Å². The predicted octanol–water partition coefficient (Wildman–Crippen LogP) is 5.78. The van der Waals surface area contributed by atoms with Crippen LogP contribution in [0.1, 0.15) is 73.3 Å². The van der Waals surface area contributed by atoms with Crippen LogP contribution in [0.3, 0.4) is 0 Å². The first-order valence-electron chi connectivity index (χ1n) is 13.9. The van der Waals surface area contributed by atoms with Crippen LogP contribution in [0, 0.1) is 12.8 Å². The van der Waals surface area contributed by atoms with Crippen molar-refractivity contribution in [3.63, 3.8) is 0 Å². The highest BCUT2D eigenvalue weighted by atomic mass is 19.4. The highest BCUT2D eigenvalue weighted by molar-refractivity contribution is 5.86. The molecule has 0 spiro atoms. The Bertz CT molecular complexity index is 1300. The van der Waals surface area contributed by atoms with Crippen molar-refractivity contribution < 1.29 is 37.4 Å². The molecule has 40 heavy (non-hydrogen) atoms. The lowest BCUT2D eigenvalue weighted by atomic mass is 9.63. The number of carbonyl (C=O) groups excluding carboxylic acids is 1. The van der Waals surface area contributed by atoms with E-state index in [4.69, 9.17) is 0 Å². The summed E-state index contributed by atoms with van der Waals surface area (Å²) in [5, 5.41) is 20.7. The maximum atomic E-state index is 14.9. The number of rotatable bonds is 5. The fourth-order valence-corrected chi connectivity index (χ4v) is 7.16. The zero-order valence-electron chi connectivity index (χ0n) is 22.7. The minimum Gasteiger partial charge on any atom is -0.481 e. The number of alkyl halides is 4. The van der Waals surface area contributed by atoms with Gasteiger partial charge in [0.15, 0.2) is 0 Å². The van der Waals surface area contributed by atoms with Crippen LogP contribution in [0.5, 0.6) is 0 Å². The molecule has 3 atom stereocenters. The van der Waals surface area contributed by atoms with Gasteiger partial charge in [-0.1, -0.05) is 48.0 Å². The smallest absolute Gasteiger partial charge is 0.426 e. The zero-order chi connectivity index (χ0) is 29.1. The van der Waals surface area contributed by atoms with Crippen molar-refractivity contribution in [2.24, 2.45) is 5.92 Å². The molecule has 5 rings (SSSR count). The number of carboxylic acid groups (broad SMARTS) is 1. The van der Waals surface area contributed by atoms with Gasteiger partial charge in [-0.15, -0.1) is 0 Å². The molecular weight excluding hydrogens is 526 g/mol. The summed E-state index contributed by atoms with van der Waals surface area (Å²) in [6, 6.07) is 11.9. The standard InChI is InChI=1S/C31H35F4NO4/c1-19-3-5-20(6-4-19)18-29-15-16-36(27(39)30(40)13-11-21(12-14-30)26(37)38)25(29)10-7-22-17-23(8-9-24(22)29)28(2,32)31(33,34)35/h3-6,8-9,17,21,25,40H,7,10-16,18H2,1-2H3,(H,37,38)/t21-,25-,28?,29-,30+/m1/s1. The van der Waals surface area contributed by atoms with E-state index in [0.29, 0.717) is 44.7 Å². The molecule has 2 aromatic carbocycles. The Morgan fingerprint density at radius 3 is 2.25 bits per heavy atom. The van der Waals surface area contributed by atoms with Gasteiger partial charge in [-0.25, -0.2) is 4.39 Å². The molecule has 1 amide bonds. The third kappa shape index (κ3) is 4.70. The number of aliphatic carboxylic acids is 1. The number of halogens is 4. The Morgan fingerprint density at radius 2 is 1.65 bits per heavy atom. The molecule has 2 N–H and O–H groups in total. The third-order valence-electron chi connectivity index (χ3n) is 9.68. The fourth-order valence-electron chi connectivity index (χ4n) is 7.16. The number of hydrogen-bond donors (Lipinski definition) is 2. The summed E-state index contributed by atoms with van der Waals surface area (Å²) in [4.78, 5) is 27.0. The zero-order valence-corrected chi connectivity index (χ0v) is 22.7. The van der Waals surface area contributed by atoms with Crippen molar-refractivity contribution in [2.45, 2.75) is 94.1 Å². The van der Waals surface area contributed by atoms with E-state index >= 15 is 0 Å². The molecule has 2 aromatic rings. The number of fused-ring (bicyclic) bond motifs is 3. The molecule has 0 aromatic heterocycles. The molecule has 2 aliphatic carbocycles. The number of likely N-dealkylation sites (tertiary alicyclic amines) is 1. The van der Waals surface area contributed by atoms with Crippen LogP contribution >= 0.6 is 0 Å². The first-order chi connectivity index (χ1) is 18.7.